The summed E-state index contributed by atoms with van der Waals surface area (Å²) in [5, 5.41) is 4.96. The van der Waals surface area contributed by atoms with E-state index in [-0.39, 0.29) is 16.1 Å². The summed E-state index contributed by atoms with van der Waals surface area (Å²) >= 11 is 0. The van der Waals surface area contributed by atoms with Crippen LogP contribution in [0.4, 0.5) is 4.39 Å². The fourth-order valence-corrected chi connectivity index (χ4v) is 4.44. The zero-order valence-electron chi connectivity index (χ0n) is 18.8. The Kier molecular flexibility index (Phi) is 6.08. The molecule has 3 aromatic carbocycles. The van der Waals surface area contributed by atoms with Crippen molar-refractivity contribution in [1.82, 2.24) is 9.40 Å². The number of hydrazone groups is 1. The number of rotatable bonds is 6. The quantitative estimate of drug-likeness (QED) is 0.306. The van der Waals surface area contributed by atoms with E-state index in [1.54, 1.807) is 24.3 Å². The highest BCUT2D eigenvalue weighted by atomic mass is 32.2. The third kappa shape index (κ3) is 5.14. The van der Waals surface area contributed by atoms with Gasteiger partial charge in [0, 0.05) is 29.2 Å². The Morgan fingerprint density at radius 1 is 0.970 bits per heavy atom. The van der Waals surface area contributed by atoms with E-state index >= 15 is 0 Å². The summed E-state index contributed by atoms with van der Waals surface area (Å²) in [6.07, 6.45) is 3.41. The number of halogens is 1. The number of nitrogens with one attached hydrogen (secondary N) is 1. The molecule has 0 aliphatic rings. The standard InChI is InChI=1S/C26H26FN3O2S/c1-26(2,3)21-10-14-23(15-11-21)33(31,32)29-28-16-20-18-30(25-7-5-4-6-24(20)25)17-19-8-12-22(27)13-9-19/h4-16,18,29H,17H2,1-3H3. The van der Waals surface area contributed by atoms with Gasteiger partial charge in [-0.25, -0.2) is 9.22 Å². The highest BCUT2D eigenvalue weighted by Crippen LogP contribution is 2.24. The fourth-order valence-electron chi connectivity index (χ4n) is 3.65. The molecule has 0 saturated carbocycles. The van der Waals surface area contributed by atoms with Gasteiger partial charge in [-0.3, -0.25) is 0 Å². The first-order chi connectivity index (χ1) is 15.6. The Labute approximate surface area is 193 Å². The van der Waals surface area contributed by atoms with Gasteiger partial charge in [0.1, 0.15) is 5.82 Å². The molecule has 1 heterocycles. The molecule has 5 nitrogen and oxygen atoms in total. The molecule has 0 unspecified atom stereocenters. The van der Waals surface area contributed by atoms with Crippen LogP contribution in [-0.2, 0) is 22.0 Å². The van der Waals surface area contributed by atoms with Crippen molar-refractivity contribution in [3.8, 4) is 0 Å². The van der Waals surface area contributed by atoms with E-state index in [0.29, 0.717) is 6.54 Å². The van der Waals surface area contributed by atoms with E-state index < -0.39 is 10.0 Å². The molecule has 7 heteroatoms. The summed E-state index contributed by atoms with van der Waals surface area (Å²) in [6, 6.07) is 21.0. The summed E-state index contributed by atoms with van der Waals surface area (Å²) in [4.78, 5) is 2.46. The molecule has 0 aliphatic heterocycles. The zero-order valence-corrected chi connectivity index (χ0v) is 19.6. The number of hydrogen-bond donors (Lipinski definition) is 1. The third-order valence-corrected chi connectivity index (χ3v) is 6.73. The summed E-state index contributed by atoms with van der Waals surface area (Å²) in [6.45, 7) is 6.78. The molecular formula is C26H26FN3O2S. The molecule has 4 rings (SSSR count). The van der Waals surface area contributed by atoms with Crippen molar-refractivity contribution in [2.24, 2.45) is 5.10 Å². The van der Waals surface area contributed by atoms with Crippen molar-refractivity contribution in [3.63, 3.8) is 0 Å². The second-order valence-electron chi connectivity index (χ2n) is 8.98. The highest BCUT2D eigenvalue weighted by molar-refractivity contribution is 7.89. The van der Waals surface area contributed by atoms with Gasteiger partial charge < -0.3 is 4.57 Å². The molecule has 33 heavy (non-hydrogen) atoms. The molecule has 1 N–H and O–H groups in total. The van der Waals surface area contributed by atoms with Gasteiger partial charge >= 0.3 is 0 Å². The Balaban J connectivity index is 1.56. The largest absolute Gasteiger partial charge is 0.342 e. The van der Waals surface area contributed by atoms with E-state index in [1.807, 2.05) is 47.2 Å². The minimum Gasteiger partial charge on any atom is -0.342 e. The number of hydrogen-bond acceptors (Lipinski definition) is 3. The first kappa shape index (κ1) is 22.7. The molecule has 0 bridgehead atoms. The van der Waals surface area contributed by atoms with Crippen LogP contribution in [0, 0.1) is 5.82 Å². The maximum atomic E-state index is 13.2. The van der Waals surface area contributed by atoms with Gasteiger partial charge in [0.25, 0.3) is 10.0 Å². The molecular weight excluding hydrogens is 437 g/mol. The lowest BCUT2D eigenvalue weighted by Crippen LogP contribution is -2.19. The predicted molar refractivity (Wildman–Crippen MR) is 130 cm³/mol. The normalized spacial score (nSPS) is 12.5. The van der Waals surface area contributed by atoms with E-state index in [9.17, 15) is 12.8 Å². The monoisotopic (exact) mass is 463 g/mol. The highest BCUT2D eigenvalue weighted by Gasteiger charge is 2.17. The Hall–Kier alpha value is -3.45. The van der Waals surface area contributed by atoms with E-state index in [1.165, 1.54) is 18.3 Å². The molecule has 0 fully saturated rings. The van der Waals surface area contributed by atoms with Gasteiger partial charge in [0.2, 0.25) is 0 Å². The Morgan fingerprint density at radius 3 is 2.30 bits per heavy atom. The predicted octanol–water partition coefficient (Wildman–Crippen LogP) is 5.44. The molecule has 0 atom stereocenters. The second kappa shape index (κ2) is 8.83. The molecule has 0 spiro atoms. The Morgan fingerprint density at radius 2 is 1.64 bits per heavy atom. The lowest BCUT2D eigenvalue weighted by atomic mass is 9.87. The average Bonchev–Trinajstić information content (AvgIpc) is 3.12. The maximum Gasteiger partial charge on any atom is 0.276 e. The average molecular weight is 464 g/mol. The molecule has 170 valence electrons. The van der Waals surface area contributed by atoms with Crippen molar-refractivity contribution in [3.05, 3.63) is 102 Å². The van der Waals surface area contributed by atoms with Gasteiger partial charge in [-0.2, -0.15) is 13.5 Å². The number of fused-ring (bicyclic) bond motifs is 1. The first-order valence-corrected chi connectivity index (χ1v) is 12.1. The van der Waals surface area contributed by atoms with Crippen molar-refractivity contribution in [2.75, 3.05) is 0 Å². The molecule has 0 saturated heterocycles. The van der Waals surface area contributed by atoms with Gasteiger partial charge in [-0.1, -0.05) is 63.2 Å². The van der Waals surface area contributed by atoms with Crippen molar-refractivity contribution in [2.45, 2.75) is 37.6 Å². The van der Waals surface area contributed by atoms with Crippen molar-refractivity contribution in [1.29, 1.82) is 0 Å². The van der Waals surface area contributed by atoms with Gasteiger partial charge in [-0.05, 0) is 46.9 Å². The lowest BCUT2D eigenvalue weighted by molar-refractivity contribution is 0.580. The van der Waals surface area contributed by atoms with E-state index in [2.05, 4.69) is 30.7 Å². The van der Waals surface area contributed by atoms with E-state index in [0.717, 1.165) is 27.6 Å². The number of benzene rings is 3. The summed E-state index contributed by atoms with van der Waals surface area (Å²) in [7, 11) is -3.78. The van der Waals surface area contributed by atoms with Gasteiger partial charge in [-0.15, -0.1) is 0 Å². The van der Waals surface area contributed by atoms with Crippen LogP contribution in [0.15, 0.2) is 89.0 Å². The van der Waals surface area contributed by atoms with Crippen molar-refractivity contribution >= 4 is 27.1 Å². The summed E-state index contributed by atoms with van der Waals surface area (Å²) in [5.41, 5.74) is 3.71. The van der Waals surface area contributed by atoms with Gasteiger partial charge in [0.05, 0.1) is 11.1 Å². The number of sulfonamides is 1. The minimum absolute atomic E-state index is 0.0595. The smallest absolute Gasteiger partial charge is 0.276 e. The SMILES string of the molecule is CC(C)(C)c1ccc(S(=O)(=O)NN=Cc2cn(Cc3ccc(F)cc3)c3ccccc23)cc1. The molecule has 4 aromatic rings. The van der Waals surface area contributed by atoms with Gasteiger partial charge in [0.15, 0.2) is 0 Å². The van der Waals surface area contributed by atoms with E-state index in [4.69, 9.17) is 0 Å². The number of nitrogens with zero attached hydrogens (tertiary/aromatic N) is 2. The van der Waals surface area contributed by atoms with Crippen LogP contribution in [0.3, 0.4) is 0 Å². The van der Waals surface area contributed by atoms with Crippen LogP contribution in [0.25, 0.3) is 10.9 Å². The second-order valence-corrected chi connectivity index (χ2v) is 10.6. The van der Waals surface area contributed by atoms with Crippen molar-refractivity contribution < 1.29 is 12.8 Å². The van der Waals surface area contributed by atoms with Crippen LogP contribution in [0.2, 0.25) is 0 Å². The molecule has 0 radical (unpaired) electrons. The number of aromatic nitrogens is 1. The van der Waals surface area contributed by atoms with Crippen LogP contribution < -0.4 is 4.83 Å². The van der Waals surface area contributed by atoms with Crippen LogP contribution in [0.5, 0.6) is 0 Å². The summed E-state index contributed by atoms with van der Waals surface area (Å²) < 4.78 is 40.6. The third-order valence-electron chi connectivity index (χ3n) is 5.49. The zero-order chi connectivity index (χ0) is 23.6. The summed E-state index contributed by atoms with van der Waals surface area (Å²) in [5.74, 6) is -0.274. The van der Waals surface area contributed by atoms with Crippen LogP contribution in [-0.4, -0.2) is 19.2 Å². The van der Waals surface area contributed by atoms with Crippen LogP contribution >= 0.6 is 0 Å². The maximum absolute atomic E-state index is 13.2. The molecule has 0 aliphatic carbocycles. The lowest BCUT2D eigenvalue weighted by Gasteiger charge is -2.19. The Bertz CT molecular complexity index is 1400. The fraction of sp³-hybridized carbons (Fsp3) is 0.192. The topological polar surface area (TPSA) is 63.5 Å². The molecule has 1 aromatic heterocycles. The number of para-hydroxylation sites is 1. The molecule has 0 amide bonds. The first-order valence-electron chi connectivity index (χ1n) is 10.6. The minimum atomic E-state index is -3.78. The van der Waals surface area contributed by atoms with Crippen LogP contribution in [0.1, 0.15) is 37.5 Å².